The van der Waals surface area contributed by atoms with E-state index in [1.165, 1.54) is 0 Å². The van der Waals surface area contributed by atoms with Crippen LogP contribution in [0.2, 0.25) is 5.02 Å². The van der Waals surface area contributed by atoms with Crippen molar-refractivity contribution in [2.45, 2.75) is 38.8 Å². The second-order valence-corrected chi connectivity index (χ2v) is 6.59. The molecule has 5 heteroatoms. The maximum Gasteiger partial charge on any atom is 0.253 e. The Morgan fingerprint density at radius 2 is 1.89 bits per heavy atom. The van der Waals surface area contributed by atoms with Crippen LogP contribution >= 0.6 is 27.5 Å². The van der Waals surface area contributed by atoms with Gasteiger partial charge in [0.05, 0.1) is 21.7 Å². The predicted molar refractivity (Wildman–Crippen MR) is 77.0 cm³/mol. The summed E-state index contributed by atoms with van der Waals surface area (Å²) in [6, 6.07) is 5.07. The van der Waals surface area contributed by atoms with Crippen molar-refractivity contribution in [1.82, 2.24) is 5.32 Å². The fourth-order valence-corrected chi connectivity index (χ4v) is 1.74. The normalized spacial score (nSPS) is 12.4. The molecule has 0 heterocycles. The second kappa shape index (κ2) is 5.19. The van der Waals surface area contributed by atoms with E-state index in [9.17, 15) is 9.90 Å². The highest BCUT2D eigenvalue weighted by Gasteiger charge is 2.36. The van der Waals surface area contributed by atoms with Gasteiger partial charge in [0.1, 0.15) is 0 Å². The average Bonchev–Trinajstić information content (AvgIpc) is 2.19. The molecule has 0 atom stereocenters. The van der Waals surface area contributed by atoms with E-state index in [4.69, 9.17) is 11.6 Å². The third-order valence-corrected chi connectivity index (χ3v) is 3.95. The van der Waals surface area contributed by atoms with Crippen LogP contribution in [0.3, 0.4) is 0 Å². The number of nitrogens with one attached hydrogen (secondary N) is 1. The van der Waals surface area contributed by atoms with E-state index >= 15 is 0 Å². The van der Waals surface area contributed by atoms with Gasteiger partial charge in [0, 0.05) is 4.47 Å². The van der Waals surface area contributed by atoms with Gasteiger partial charge in [0.15, 0.2) is 0 Å². The summed E-state index contributed by atoms with van der Waals surface area (Å²) in [5, 5.41) is 13.2. The van der Waals surface area contributed by atoms with Crippen LogP contribution in [-0.4, -0.2) is 22.2 Å². The molecule has 1 aromatic rings. The van der Waals surface area contributed by atoms with Crippen molar-refractivity contribution >= 4 is 33.4 Å². The molecular formula is C13H17BrClNO2. The fourth-order valence-electron chi connectivity index (χ4n) is 1.18. The molecule has 0 saturated heterocycles. The molecule has 2 N–H and O–H groups in total. The largest absolute Gasteiger partial charge is 0.388 e. The van der Waals surface area contributed by atoms with Gasteiger partial charge >= 0.3 is 0 Å². The van der Waals surface area contributed by atoms with Gasteiger partial charge in [-0.2, -0.15) is 0 Å². The lowest BCUT2D eigenvalue weighted by Gasteiger charge is -2.38. The molecule has 0 unspecified atom stereocenters. The molecule has 0 bridgehead atoms. The van der Waals surface area contributed by atoms with Crippen molar-refractivity contribution in [3.63, 3.8) is 0 Å². The molecule has 0 aliphatic carbocycles. The van der Waals surface area contributed by atoms with E-state index < -0.39 is 11.1 Å². The topological polar surface area (TPSA) is 49.3 Å². The van der Waals surface area contributed by atoms with Crippen LogP contribution in [0.25, 0.3) is 0 Å². The molecule has 0 aromatic heterocycles. The van der Waals surface area contributed by atoms with Gasteiger partial charge in [-0.25, -0.2) is 0 Å². The van der Waals surface area contributed by atoms with Crippen molar-refractivity contribution in [2.24, 2.45) is 0 Å². The molecule has 0 fully saturated rings. The number of benzene rings is 1. The first-order valence-electron chi connectivity index (χ1n) is 5.54. The van der Waals surface area contributed by atoms with Crippen LogP contribution < -0.4 is 5.32 Å². The van der Waals surface area contributed by atoms with Gasteiger partial charge in [-0.15, -0.1) is 0 Å². The van der Waals surface area contributed by atoms with Crippen molar-refractivity contribution < 1.29 is 9.90 Å². The Morgan fingerprint density at radius 3 is 2.39 bits per heavy atom. The molecule has 1 amide bonds. The number of hydrogen-bond donors (Lipinski definition) is 2. The van der Waals surface area contributed by atoms with E-state index in [-0.39, 0.29) is 5.91 Å². The number of halogens is 2. The van der Waals surface area contributed by atoms with Crippen LogP contribution in [-0.2, 0) is 0 Å². The van der Waals surface area contributed by atoms with E-state index in [1.807, 2.05) is 0 Å². The molecule has 100 valence electrons. The lowest BCUT2D eigenvalue weighted by atomic mass is 9.86. The van der Waals surface area contributed by atoms with Crippen LogP contribution in [0, 0.1) is 0 Å². The lowest BCUT2D eigenvalue weighted by Crippen LogP contribution is -2.57. The monoisotopic (exact) mass is 333 g/mol. The molecule has 3 nitrogen and oxygen atoms in total. The van der Waals surface area contributed by atoms with Gasteiger partial charge in [-0.1, -0.05) is 27.5 Å². The summed E-state index contributed by atoms with van der Waals surface area (Å²) >= 11 is 9.29. The Morgan fingerprint density at radius 1 is 1.33 bits per heavy atom. The summed E-state index contributed by atoms with van der Waals surface area (Å²) < 4.78 is 0.776. The highest BCUT2D eigenvalue weighted by Crippen LogP contribution is 2.24. The minimum absolute atomic E-state index is 0.312. The molecule has 0 spiro atoms. The molecule has 0 aliphatic rings. The number of hydrogen-bond acceptors (Lipinski definition) is 2. The van der Waals surface area contributed by atoms with Gasteiger partial charge in [-0.3, -0.25) is 4.79 Å². The smallest absolute Gasteiger partial charge is 0.253 e. The molecule has 1 rings (SSSR count). The van der Waals surface area contributed by atoms with Crippen LogP contribution in [0.4, 0.5) is 0 Å². The van der Waals surface area contributed by atoms with E-state index in [0.717, 1.165) is 4.47 Å². The fraction of sp³-hybridized carbons (Fsp3) is 0.462. The quantitative estimate of drug-likeness (QED) is 0.890. The molecule has 18 heavy (non-hydrogen) atoms. The SMILES string of the molecule is CC(C)(O)C(C)(C)NC(=O)c1cc(Br)ccc1Cl. The summed E-state index contributed by atoms with van der Waals surface area (Å²) in [6.45, 7) is 6.82. The number of aliphatic hydroxyl groups is 1. The summed E-state index contributed by atoms with van der Waals surface area (Å²) in [7, 11) is 0. The average molecular weight is 335 g/mol. The minimum Gasteiger partial charge on any atom is -0.388 e. The second-order valence-electron chi connectivity index (χ2n) is 5.26. The highest BCUT2D eigenvalue weighted by atomic mass is 79.9. The number of carbonyl (C=O) groups excluding carboxylic acids is 1. The predicted octanol–water partition coefficient (Wildman–Crippen LogP) is 3.38. The Kier molecular flexibility index (Phi) is 4.47. The Balaban J connectivity index is 3.00. The van der Waals surface area contributed by atoms with Gasteiger partial charge < -0.3 is 10.4 Å². The maximum atomic E-state index is 12.2. The molecular weight excluding hydrogens is 318 g/mol. The lowest BCUT2D eigenvalue weighted by molar-refractivity contribution is -0.00292. The zero-order valence-electron chi connectivity index (χ0n) is 10.8. The molecule has 0 saturated carbocycles. The summed E-state index contributed by atoms with van der Waals surface area (Å²) in [6.07, 6.45) is 0. The maximum absolute atomic E-state index is 12.2. The molecule has 0 aliphatic heterocycles. The Bertz CT molecular complexity index is 467. The Labute approximate surface area is 121 Å². The third-order valence-electron chi connectivity index (χ3n) is 3.13. The van der Waals surface area contributed by atoms with Crippen LogP contribution in [0.15, 0.2) is 22.7 Å². The summed E-state index contributed by atoms with van der Waals surface area (Å²) in [4.78, 5) is 12.2. The first-order valence-corrected chi connectivity index (χ1v) is 6.71. The standard InChI is InChI=1S/C13H17BrClNO2/c1-12(2,13(3,4)18)16-11(17)9-7-8(14)5-6-10(9)15/h5-7,18H,1-4H3,(H,16,17). The minimum atomic E-state index is -1.04. The molecule has 0 radical (unpaired) electrons. The van der Waals surface area contributed by atoms with Crippen LogP contribution in [0.1, 0.15) is 38.1 Å². The molecule has 1 aromatic carbocycles. The third kappa shape index (κ3) is 3.46. The van der Waals surface area contributed by atoms with E-state index in [0.29, 0.717) is 10.6 Å². The van der Waals surface area contributed by atoms with Gasteiger partial charge in [0.25, 0.3) is 5.91 Å². The number of rotatable bonds is 3. The number of carbonyl (C=O) groups is 1. The van der Waals surface area contributed by atoms with Crippen molar-refractivity contribution in [3.05, 3.63) is 33.3 Å². The first-order chi connectivity index (χ1) is 8.04. The number of amides is 1. The zero-order valence-corrected chi connectivity index (χ0v) is 13.2. The van der Waals surface area contributed by atoms with Crippen molar-refractivity contribution in [3.8, 4) is 0 Å². The summed E-state index contributed by atoms with van der Waals surface area (Å²) in [5.41, 5.74) is -1.43. The van der Waals surface area contributed by atoms with Crippen molar-refractivity contribution in [2.75, 3.05) is 0 Å². The van der Waals surface area contributed by atoms with Crippen molar-refractivity contribution in [1.29, 1.82) is 0 Å². The van der Waals surface area contributed by atoms with E-state index in [1.54, 1.807) is 45.9 Å². The van der Waals surface area contributed by atoms with Gasteiger partial charge in [0.2, 0.25) is 0 Å². The first kappa shape index (κ1) is 15.5. The Hall–Kier alpha value is -0.580. The highest BCUT2D eigenvalue weighted by molar-refractivity contribution is 9.10. The zero-order chi connectivity index (χ0) is 14.1. The van der Waals surface area contributed by atoms with E-state index in [2.05, 4.69) is 21.2 Å². The van der Waals surface area contributed by atoms with Gasteiger partial charge in [-0.05, 0) is 45.9 Å². The summed E-state index contributed by atoms with van der Waals surface area (Å²) in [5.74, 6) is -0.312. The van der Waals surface area contributed by atoms with Crippen LogP contribution in [0.5, 0.6) is 0 Å².